The Hall–Kier alpha value is -3.24. The standard InChI is InChI=1S/C16H12O9S/c1-23-16-12(25-26(20,21)22)6-11-13(15(16)19)14(18)10(7-24-11)8-2-4-9(17)5-3-8/h2-7,17,19H,1H3,(H,20,21,22). The Bertz CT molecular complexity index is 1150. The number of benzene rings is 2. The van der Waals surface area contributed by atoms with Gasteiger partial charge in [0, 0.05) is 6.07 Å². The van der Waals surface area contributed by atoms with E-state index in [-0.39, 0.29) is 22.3 Å². The molecule has 1 aromatic heterocycles. The maximum Gasteiger partial charge on any atom is 0.446 e. The van der Waals surface area contributed by atoms with Crippen LogP contribution >= 0.6 is 0 Å². The largest absolute Gasteiger partial charge is 0.508 e. The molecule has 0 fully saturated rings. The van der Waals surface area contributed by atoms with E-state index in [0.717, 1.165) is 19.4 Å². The molecular weight excluding hydrogens is 368 g/mol. The van der Waals surface area contributed by atoms with Crippen molar-refractivity contribution >= 4 is 21.4 Å². The third-order valence-electron chi connectivity index (χ3n) is 3.54. The maximum absolute atomic E-state index is 12.8. The van der Waals surface area contributed by atoms with Crippen LogP contribution in [0.1, 0.15) is 0 Å². The molecule has 1 heterocycles. The Morgan fingerprint density at radius 2 is 1.77 bits per heavy atom. The number of hydrogen-bond acceptors (Lipinski definition) is 8. The lowest BCUT2D eigenvalue weighted by molar-refractivity contribution is 0.343. The maximum atomic E-state index is 12.8. The predicted molar refractivity (Wildman–Crippen MR) is 90.0 cm³/mol. The zero-order chi connectivity index (χ0) is 19.1. The molecule has 0 unspecified atom stereocenters. The Kier molecular flexibility index (Phi) is 4.22. The first-order valence-electron chi connectivity index (χ1n) is 7.03. The van der Waals surface area contributed by atoms with Crippen LogP contribution in [0.15, 0.2) is 45.8 Å². The highest BCUT2D eigenvalue weighted by molar-refractivity contribution is 7.81. The second kappa shape index (κ2) is 6.24. The van der Waals surface area contributed by atoms with E-state index in [1.54, 1.807) is 0 Å². The number of ether oxygens (including phenoxy) is 1. The van der Waals surface area contributed by atoms with Crippen LogP contribution in [0.4, 0.5) is 0 Å². The zero-order valence-corrected chi connectivity index (χ0v) is 14.0. The molecule has 9 nitrogen and oxygen atoms in total. The monoisotopic (exact) mass is 380 g/mol. The molecule has 0 aliphatic carbocycles. The summed E-state index contributed by atoms with van der Waals surface area (Å²) in [7, 11) is -3.78. The van der Waals surface area contributed by atoms with Gasteiger partial charge in [-0.1, -0.05) is 12.1 Å². The predicted octanol–water partition coefficient (Wildman–Crippen LogP) is 2.06. The van der Waals surface area contributed by atoms with Gasteiger partial charge in [0.15, 0.2) is 11.5 Å². The number of methoxy groups -OCH3 is 1. The summed E-state index contributed by atoms with van der Waals surface area (Å²) in [5.41, 5.74) is -0.283. The van der Waals surface area contributed by atoms with Crippen LogP contribution in [0.2, 0.25) is 0 Å². The van der Waals surface area contributed by atoms with Gasteiger partial charge in [0.25, 0.3) is 0 Å². The number of rotatable bonds is 4. The topological polar surface area (TPSA) is 144 Å². The minimum Gasteiger partial charge on any atom is -0.508 e. The smallest absolute Gasteiger partial charge is 0.446 e. The molecule has 0 bridgehead atoms. The third kappa shape index (κ3) is 3.15. The molecule has 0 amide bonds. The van der Waals surface area contributed by atoms with Crippen LogP contribution < -0.4 is 14.3 Å². The average molecular weight is 380 g/mol. The summed E-state index contributed by atoms with van der Waals surface area (Å²) in [6, 6.07) is 6.71. The molecule has 0 spiro atoms. The van der Waals surface area contributed by atoms with Gasteiger partial charge >= 0.3 is 10.4 Å². The first-order chi connectivity index (χ1) is 12.2. The van der Waals surface area contributed by atoms with Gasteiger partial charge in [0.1, 0.15) is 23.0 Å². The van der Waals surface area contributed by atoms with E-state index >= 15 is 0 Å². The van der Waals surface area contributed by atoms with E-state index in [2.05, 4.69) is 4.18 Å². The minimum absolute atomic E-state index is 0.00967. The Balaban J connectivity index is 2.29. The fourth-order valence-electron chi connectivity index (χ4n) is 2.44. The Morgan fingerprint density at radius 3 is 2.35 bits per heavy atom. The van der Waals surface area contributed by atoms with E-state index in [0.29, 0.717) is 5.56 Å². The van der Waals surface area contributed by atoms with Gasteiger partial charge in [-0.2, -0.15) is 8.42 Å². The Labute approximate surface area is 146 Å². The van der Waals surface area contributed by atoms with Crippen molar-refractivity contribution in [1.29, 1.82) is 0 Å². The molecule has 10 heteroatoms. The molecular formula is C16H12O9S. The van der Waals surface area contributed by atoms with Crippen LogP contribution in [0.5, 0.6) is 23.0 Å². The van der Waals surface area contributed by atoms with Crippen LogP contribution in [0, 0.1) is 0 Å². The number of fused-ring (bicyclic) bond motifs is 1. The highest BCUT2D eigenvalue weighted by atomic mass is 32.3. The normalized spacial score (nSPS) is 11.5. The zero-order valence-electron chi connectivity index (χ0n) is 13.2. The molecule has 0 atom stereocenters. The molecule has 0 aliphatic heterocycles. The second-order valence-corrected chi connectivity index (χ2v) is 6.19. The van der Waals surface area contributed by atoms with Gasteiger partial charge in [0.05, 0.1) is 12.7 Å². The summed E-state index contributed by atoms with van der Waals surface area (Å²) in [6.45, 7) is 0. The SMILES string of the molecule is COc1c(OS(=O)(=O)O)cc2occ(-c3ccc(O)cc3)c(=O)c2c1O. The minimum atomic E-state index is -4.90. The molecule has 3 N–H and O–H groups in total. The number of aromatic hydroxyl groups is 2. The van der Waals surface area contributed by atoms with Crippen molar-refractivity contribution in [2.45, 2.75) is 0 Å². The van der Waals surface area contributed by atoms with Crippen molar-refractivity contribution in [2.24, 2.45) is 0 Å². The van der Waals surface area contributed by atoms with Gasteiger partial charge in [-0.3, -0.25) is 9.35 Å². The van der Waals surface area contributed by atoms with Crippen molar-refractivity contribution in [2.75, 3.05) is 7.11 Å². The van der Waals surface area contributed by atoms with E-state index in [1.807, 2.05) is 0 Å². The summed E-state index contributed by atoms with van der Waals surface area (Å²) >= 11 is 0. The summed E-state index contributed by atoms with van der Waals surface area (Å²) < 4.78 is 45.2. The molecule has 3 aromatic rings. The first-order valence-corrected chi connectivity index (χ1v) is 8.39. The lowest BCUT2D eigenvalue weighted by Crippen LogP contribution is -2.09. The lowest BCUT2D eigenvalue weighted by Gasteiger charge is -2.12. The fraction of sp³-hybridized carbons (Fsp3) is 0.0625. The molecule has 0 saturated carbocycles. The third-order valence-corrected chi connectivity index (χ3v) is 3.93. The highest BCUT2D eigenvalue weighted by Crippen LogP contribution is 2.42. The summed E-state index contributed by atoms with van der Waals surface area (Å²) in [4.78, 5) is 12.8. The van der Waals surface area contributed by atoms with Gasteiger partial charge < -0.3 is 23.6 Å². The van der Waals surface area contributed by atoms with Gasteiger partial charge in [0.2, 0.25) is 11.2 Å². The molecule has 0 radical (unpaired) electrons. The summed E-state index contributed by atoms with van der Waals surface area (Å²) in [5, 5.41) is 19.4. The van der Waals surface area contributed by atoms with Crippen LogP contribution in [-0.4, -0.2) is 30.3 Å². The van der Waals surface area contributed by atoms with E-state index in [9.17, 15) is 23.4 Å². The van der Waals surface area contributed by atoms with Crippen LogP contribution in [0.25, 0.3) is 22.1 Å². The van der Waals surface area contributed by atoms with Crippen molar-refractivity contribution in [3.63, 3.8) is 0 Å². The highest BCUT2D eigenvalue weighted by Gasteiger charge is 2.23. The second-order valence-electron chi connectivity index (χ2n) is 5.17. The Morgan fingerprint density at radius 1 is 1.12 bits per heavy atom. The molecule has 3 rings (SSSR count). The first kappa shape index (κ1) is 17.6. The van der Waals surface area contributed by atoms with Gasteiger partial charge in [-0.05, 0) is 17.7 Å². The van der Waals surface area contributed by atoms with E-state index < -0.39 is 33.1 Å². The molecule has 136 valence electrons. The van der Waals surface area contributed by atoms with Gasteiger partial charge in [-0.15, -0.1) is 0 Å². The average Bonchev–Trinajstić information content (AvgIpc) is 2.55. The van der Waals surface area contributed by atoms with Crippen LogP contribution in [0.3, 0.4) is 0 Å². The molecule has 26 heavy (non-hydrogen) atoms. The van der Waals surface area contributed by atoms with Gasteiger partial charge in [-0.25, -0.2) is 0 Å². The van der Waals surface area contributed by atoms with Crippen molar-refractivity contribution in [1.82, 2.24) is 0 Å². The molecule has 0 saturated heterocycles. The quantitative estimate of drug-likeness (QED) is 0.579. The van der Waals surface area contributed by atoms with Crippen molar-refractivity contribution < 1.29 is 36.5 Å². The number of hydrogen-bond donors (Lipinski definition) is 3. The summed E-state index contributed by atoms with van der Waals surface area (Å²) in [5.74, 6) is -1.72. The van der Waals surface area contributed by atoms with E-state index in [1.165, 1.54) is 24.3 Å². The van der Waals surface area contributed by atoms with Crippen molar-refractivity contribution in [3.8, 4) is 34.1 Å². The number of phenols is 2. The summed E-state index contributed by atoms with van der Waals surface area (Å²) in [6.07, 6.45) is 1.11. The van der Waals surface area contributed by atoms with E-state index in [4.69, 9.17) is 13.7 Å². The van der Waals surface area contributed by atoms with Crippen LogP contribution in [-0.2, 0) is 10.4 Å². The fourth-order valence-corrected chi connectivity index (χ4v) is 2.79. The lowest BCUT2D eigenvalue weighted by atomic mass is 10.0. The number of phenolic OH excluding ortho intramolecular Hbond substituents is 2. The molecule has 2 aromatic carbocycles. The molecule has 0 aliphatic rings. The van der Waals surface area contributed by atoms with Crippen molar-refractivity contribution in [3.05, 3.63) is 46.8 Å².